The second-order valence-corrected chi connectivity index (χ2v) is 10.7. The summed E-state index contributed by atoms with van der Waals surface area (Å²) in [6, 6.07) is 21.4. The highest BCUT2D eigenvalue weighted by Crippen LogP contribution is 2.44. The third kappa shape index (κ3) is 4.66. The van der Waals surface area contributed by atoms with Crippen LogP contribution in [0.2, 0.25) is 0 Å². The molecular formula is C30H25N3O5S. The minimum Gasteiger partial charge on any atom is -0.507 e. The number of aliphatic hydroxyl groups excluding tert-OH is 1. The normalized spacial score (nSPS) is 19.7. The van der Waals surface area contributed by atoms with E-state index in [2.05, 4.69) is 10.2 Å². The molecule has 0 unspecified atom stereocenters. The summed E-state index contributed by atoms with van der Waals surface area (Å²) in [5.74, 6) is -0.486. The van der Waals surface area contributed by atoms with Crippen LogP contribution in [0.5, 0.6) is 11.5 Å². The Bertz CT molecular complexity index is 1610. The number of benzene rings is 3. The molecule has 196 valence electrons. The van der Waals surface area contributed by atoms with Crippen molar-refractivity contribution in [2.45, 2.75) is 39.0 Å². The van der Waals surface area contributed by atoms with Gasteiger partial charge in [-0.3, -0.25) is 14.5 Å². The average Bonchev–Trinajstić information content (AvgIpc) is 3.62. The van der Waals surface area contributed by atoms with Gasteiger partial charge in [-0.05, 0) is 60.9 Å². The van der Waals surface area contributed by atoms with Gasteiger partial charge >= 0.3 is 5.91 Å². The van der Waals surface area contributed by atoms with Gasteiger partial charge in [-0.25, -0.2) is 0 Å². The van der Waals surface area contributed by atoms with Crippen molar-refractivity contribution >= 4 is 33.9 Å². The minimum absolute atomic E-state index is 0.0139. The first kappa shape index (κ1) is 24.8. The lowest BCUT2D eigenvalue weighted by atomic mass is 9.94. The van der Waals surface area contributed by atoms with Gasteiger partial charge in [0.25, 0.3) is 5.78 Å². The van der Waals surface area contributed by atoms with Crippen LogP contribution in [-0.4, -0.2) is 33.1 Å². The third-order valence-electron chi connectivity index (χ3n) is 6.76. The van der Waals surface area contributed by atoms with E-state index in [1.54, 1.807) is 37.3 Å². The second-order valence-electron chi connectivity index (χ2n) is 9.57. The standard InChI is InChI=1S/C30H25N3O5S/c1-17-13-22-14-21(11-12-24(22)38-17)27(34)25-26(33(29(36)28(25)35)30-32-31-18(2)39-30)20-9-6-10-23(15-20)37-16-19-7-4-3-5-8-19/h3-12,14-15,17,26,34H,13,16H2,1-2H3/t17-,26+/m1/s1. The Balaban J connectivity index is 1.44. The Labute approximate surface area is 229 Å². The maximum Gasteiger partial charge on any atom is 0.301 e. The van der Waals surface area contributed by atoms with Crippen LogP contribution in [0, 0.1) is 6.92 Å². The van der Waals surface area contributed by atoms with Crippen LogP contribution in [0.15, 0.2) is 78.4 Å². The molecule has 4 aromatic rings. The first-order valence-corrected chi connectivity index (χ1v) is 13.4. The molecule has 3 aromatic carbocycles. The van der Waals surface area contributed by atoms with Crippen LogP contribution in [0.3, 0.4) is 0 Å². The van der Waals surface area contributed by atoms with Crippen LogP contribution in [0.4, 0.5) is 5.13 Å². The molecule has 0 saturated carbocycles. The fraction of sp³-hybridized carbons (Fsp3) is 0.200. The van der Waals surface area contributed by atoms with Crippen LogP contribution < -0.4 is 14.4 Å². The Morgan fingerprint density at radius 2 is 1.90 bits per heavy atom. The van der Waals surface area contributed by atoms with Gasteiger partial charge in [0.05, 0.1) is 11.6 Å². The molecule has 0 bridgehead atoms. The SMILES string of the molecule is Cc1nnc(N2C(=O)C(=O)C(=C(O)c3ccc4c(c3)C[C@@H](C)O4)[C@@H]2c2cccc(OCc3ccccc3)c2)s1. The minimum atomic E-state index is -0.916. The lowest BCUT2D eigenvalue weighted by molar-refractivity contribution is -0.132. The smallest absolute Gasteiger partial charge is 0.301 e. The average molecular weight is 540 g/mol. The van der Waals surface area contributed by atoms with Crippen molar-refractivity contribution in [1.29, 1.82) is 0 Å². The van der Waals surface area contributed by atoms with Crippen molar-refractivity contribution in [3.8, 4) is 11.5 Å². The molecule has 1 N–H and O–H groups in total. The molecule has 0 aliphatic carbocycles. The fourth-order valence-corrected chi connectivity index (χ4v) is 5.68. The zero-order valence-electron chi connectivity index (χ0n) is 21.3. The Morgan fingerprint density at radius 1 is 1.08 bits per heavy atom. The van der Waals surface area contributed by atoms with Crippen LogP contribution in [-0.2, 0) is 22.6 Å². The van der Waals surface area contributed by atoms with E-state index >= 15 is 0 Å². The number of ether oxygens (including phenoxy) is 2. The molecule has 2 aliphatic rings. The number of amides is 1. The molecule has 39 heavy (non-hydrogen) atoms. The maximum absolute atomic E-state index is 13.5. The number of carbonyl (C=O) groups excluding carboxylic acids is 2. The van der Waals surface area contributed by atoms with Crippen molar-refractivity contribution in [2.75, 3.05) is 4.90 Å². The molecule has 1 saturated heterocycles. The van der Waals surface area contributed by atoms with Crippen molar-refractivity contribution in [1.82, 2.24) is 10.2 Å². The van der Waals surface area contributed by atoms with Gasteiger partial charge in [-0.2, -0.15) is 0 Å². The number of hydrogen-bond acceptors (Lipinski definition) is 8. The molecule has 2 aliphatic heterocycles. The number of aromatic nitrogens is 2. The molecule has 1 fully saturated rings. The monoisotopic (exact) mass is 539 g/mol. The van der Waals surface area contributed by atoms with Gasteiger partial charge in [0.1, 0.15) is 35.0 Å². The van der Waals surface area contributed by atoms with E-state index in [0.717, 1.165) is 16.9 Å². The topological polar surface area (TPSA) is 102 Å². The van der Waals surface area contributed by atoms with Crippen LogP contribution in [0.25, 0.3) is 5.76 Å². The molecule has 0 radical (unpaired) electrons. The zero-order valence-corrected chi connectivity index (χ0v) is 22.1. The van der Waals surface area contributed by atoms with Gasteiger partial charge in [0, 0.05) is 12.0 Å². The number of aryl methyl sites for hydroxylation is 1. The van der Waals surface area contributed by atoms with E-state index in [-0.39, 0.29) is 22.6 Å². The Hall–Kier alpha value is -4.50. The molecule has 0 spiro atoms. The van der Waals surface area contributed by atoms with Gasteiger partial charge in [0.2, 0.25) is 5.13 Å². The first-order chi connectivity index (χ1) is 18.9. The Kier molecular flexibility index (Phi) is 6.36. The maximum atomic E-state index is 13.5. The summed E-state index contributed by atoms with van der Waals surface area (Å²) in [5.41, 5.74) is 2.98. The van der Waals surface area contributed by atoms with Crippen molar-refractivity contribution in [2.24, 2.45) is 0 Å². The molecule has 1 amide bonds. The van der Waals surface area contributed by atoms with Gasteiger partial charge < -0.3 is 14.6 Å². The second kappa shape index (κ2) is 9.99. The number of fused-ring (bicyclic) bond motifs is 1. The summed E-state index contributed by atoms with van der Waals surface area (Å²) < 4.78 is 11.8. The van der Waals surface area contributed by atoms with Gasteiger partial charge in [0.15, 0.2) is 0 Å². The van der Waals surface area contributed by atoms with Crippen LogP contribution >= 0.6 is 11.3 Å². The molecule has 8 nitrogen and oxygen atoms in total. The number of hydrogen-bond donors (Lipinski definition) is 1. The lowest BCUT2D eigenvalue weighted by Crippen LogP contribution is -2.29. The molecule has 2 atom stereocenters. The largest absolute Gasteiger partial charge is 0.507 e. The predicted octanol–water partition coefficient (Wildman–Crippen LogP) is 5.38. The summed E-state index contributed by atoms with van der Waals surface area (Å²) in [4.78, 5) is 28.2. The molecule has 3 heterocycles. The van der Waals surface area contributed by atoms with Gasteiger partial charge in [-0.15, -0.1) is 10.2 Å². The summed E-state index contributed by atoms with van der Waals surface area (Å²) in [5, 5.41) is 20.6. The highest BCUT2D eigenvalue weighted by atomic mass is 32.1. The van der Waals surface area contributed by atoms with Crippen molar-refractivity contribution in [3.63, 3.8) is 0 Å². The van der Waals surface area contributed by atoms with E-state index in [4.69, 9.17) is 9.47 Å². The molecule has 6 rings (SSSR count). The van der Waals surface area contributed by atoms with E-state index in [0.29, 0.717) is 34.9 Å². The van der Waals surface area contributed by atoms with E-state index < -0.39 is 17.7 Å². The van der Waals surface area contributed by atoms with E-state index in [1.165, 1.54) is 16.2 Å². The molecule has 9 heteroatoms. The quantitative estimate of drug-likeness (QED) is 0.200. The van der Waals surface area contributed by atoms with E-state index in [1.807, 2.05) is 49.4 Å². The fourth-order valence-electron chi connectivity index (χ4n) is 4.97. The third-order valence-corrected chi connectivity index (χ3v) is 7.60. The number of rotatable bonds is 6. The zero-order chi connectivity index (χ0) is 27.1. The number of nitrogens with zero attached hydrogens (tertiary/aromatic N) is 3. The number of Topliss-reactive ketones (excluding diaryl/α,β-unsaturated/α-hetero) is 1. The number of anilines is 1. The summed E-state index contributed by atoms with van der Waals surface area (Å²) in [7, 11) is 0. The van der Waals surface area contributed by atoms with Crippen molar-refractivity contribution < 1.29 is 24.2 Å². The number of carbonyl (C=O) groups is 2. The molecular weight excluding hydrogens is 514 g/mol. The highest BCUT2D eigenvalue weighted by Gasteiger charge is 2.48. The van der Waals surface area contributed by atoms with Gasteiger partial charge in [-0.1, -0.05) is 53.8 Å². The van der Waals surface area contributed by atoms with Crippen molar-refractivity contribution in [3.05, 3.63) is 106 Å². The lowest BCUT2D eigenvalue weighted by Gasteiger charge is -2.23. The number of aliphatic hydroxyl groups is 1. The van der Waals surface area contributed by atoms with Crippen LogP contribution in [0.1, 0.15) is 40.2 Å². The summed E-state index contributed by atoms with van der Waals surface area (Å²) in [6.45, 7) is 4.11. The van der Waals surface area contributed by atoms with E-state index in [9.17, 15) is 14.7 Å². The first-order valence-electron chi connectivity index (χ1n) is 12.6. The summed E-state index contributed by atoms with van der Waals surface area (Å²) >= 11 is 1.21. The highest BCUT2D eigenvalue weighted by molar-refractivity contribution is 7.15. The summed E-state index contributed by atoms with van der Waals surface area (Å²) in [6.07, 6.45) is 0.723. The predicted molar refractivity (Wildman–Crippen MR) is 147 cm³/mol. The Morgan fingerprint density at radius 3 is 2.67 bits per heavy atom. The number of ketones is 1. The molecule has 1 aromatic heterocycles.